The number of rotatable bonds is 10. The molecule has 0 bridgehead atoms. The van der Waals surface area contributed by atoms with E-state index in [2.05, 4.69) is 16.0 Å². The van der Waals surface area contributed by atoms with Crippen LogP contribution in [0.15, 0.2) is 72.8 Å². The van der Waals surface area contributed by atoms with Crippen molar-refractivity contribution in [3.8, 4) is 23.3 Å². The number of hydrogen-bond acceptors (Lipinski definition) is 10. The zero-order valence-electron chi connectivity index (χ0n) is 22.5. The summed E-state index contributed by atoms with van der Waals surface area (Å²) in [6, 6.07) is 25.6. The highest BCUT2D eigenvalue weighted by Crippen LogP contribution is 2.32. The SMILES string of the molecule is CN(CCO)c1ccc(/C=C(\C#N)c2nc3ccc(-c4cc(N)nc(OCc5ccc(CN)cc5)n4)cc3s2)cc1. The topological polar surface area (TPSA) is 147 Å². The Morgan fingerprint density at radius 1 is 1.02 bits per heavy atom. The number of allylic oxidation sites excluding steroid dienone is 1. The molecule has 0 atom stereocenters. The van der Waals surface area contributed by atoms with Crippen LogP contribution in [0, 0.1) is 11.3 Å². The summed E-state index contributed by atoms with van der Waals surface area (Å²) in [5, 5.41) is 19.7. The molecule has 3 aromatic carbocycles. The number of fused-ring (bicyclic) bond motifs is 1. The van der Waals surface area contributed by atoms with Crippen molar-refractivity contribution >= 4 is 44.7 Å². The van der Waals surface area contributed by atoms with E-state index in [1.54, 1.807) is 6.07 Å². The maximum Gasteiger partial charge on any atom is 0.319 e. The van der Waals surface area contributed by atoms with Gasteiger partial charge in [0.25, 0.3) is 0 Å². The summed E-state index contributed by atoms with van der Waals surface area (Å²) in [6.07, 6.45) is 1.83. The van der Waals surface area contributed by atoms with Gasteiger partial charge >= 0.3 is 6.01 Å². The molecule has 0 spiro atoms. The van der Waals surface area contributed by atoms with Gasteiger partial charge in [-0.05, 0) is 47.0 Å². The van der Waals surface area contributed by atoms with Crippen molar-refractivity contribution in [3.63, 3.8) is 0 Å². The summed E-state index contributed by atoms with van der Waals surface area (Å²) in [7, 11) is 1.92. The monoisotopic (exact) mass is 563 g/mol. The van der Waals surface area contributed by atoms with Gasteiger partial charge in [0, 0.05) is 37.5 Å². The highest BCUT2D eigenvalue weighted by Gasteiger charge is 2.13. The van der Waals surface area contributed by atoms with Gasteiger partial charge in [-0.25, -0.2) is 4.98 Å². The number of aliphatic hydroxyl groups excluding tert-OH is 1. The number of nitrogen functional groups attached to an aromatic ring is 1. The summed E-state index contributed by atoms with van der Waals surface area (Å²) < 4.78 is 6.75. The second-order valence-electron chi connectivity index (χ2n) is 9.38. The van der Waals surface area contributed by atoms with Crippen LogP contribution in [0.1, 0.15) is 21.7 Å². The van der Waals surface area contributed by atoms with Crippen molar-refractivity contribution < 1.29 is 9.84 Å². The number of nitrogens with two attached hydrogens (primary N) is 2. The largest absolute Gasteiger partial charge is 0.459 e. The number of anilines is 2. The molecular weight excluding hydrogens is 534 g/mol. The minimum absolute atomic E-state index is 0.0838. The highest BCUT2D eigenvalue weighted by molar-refractivity contribution is 7.19. The summed E-state index contributed by atoms with van der Waals surface area (Å²) in [6.45, 7) is 1.42. The van der Waals surface area contributed by atoms with Crippen LogP contribution in [-0.2, 0) is 13.2 Å². The van der Waals surface area contributed by atoms with Gasteiger partial charge < -0.3 is 26.2 Å². The molecule has 0 aliphatic heterocycles. The van der Waals surface area contributed by atoms with Crippen molar-refractivity contribution in [2.45, 2.75) is 13.2 Å². The number of hydrogen-bond donors (Lipinski definition) is 3. The van der Waals surface area contributed by atoms with E-state index in [1.165, 1.54) is 11.3 Å². The second kappa shape index (κ2) is 12.6. The van der Waals surface area contributed by atoms with Crippen LogP contribution >= 0.6 is 11.3 Å². The molecule has 2 aromatic heterocycles. The molecule has 5 N–H and O–H groups in total. The number of aromatic nitrogens is 3. The number of thiazole rings is 1. The standard InChI is InChI=1S/C31H29N7O2S/c1-38(12-13-39)25-9-6-20(7-10-25)14-24(18-33)30-35-26-11-8-23(15-28(26)41-30)27-16-29(34)37-31(36-27)40-19-22-4-2-21(17-32)3-5-22/h2-11,14-16,39H,12-13,17,19,32H2,1H3,(H2,34,36,37)/b24-14+. The lowest BCUT2D eigenvalue weighted by Crippen LogP contribution is -2.20. The molecule has 0 unspecified atom stereocenters. The Labute approximate surface area is 242 Å². The highest BCUT2D eigenvalue weighted by atomic mass is 32.1. The van der Waals surface area contributed by atoms with E-state index in [0.29, 0.717) is 41.8 Å². The Morgan fingerprint density at radius 3 is 2.49 bits per heavy atom. The molecule has 0 radical (unpaired) electrons. The van der Waals surface area contributed by atoms with Crippen molar-refractivity contribution in [2.75, 3.05) is 30.8 Å². The maximum absolute atomic E-state index is 9.89. The Morgan fingerprint density at radius 2 is 1.78 bits per heavy atom. The van der Waals surface area contributed by atoms with Gasteiger partial charge in [0.1, 0.15) is 23.5 Å². The first kappa shape index (κ1) is 27.7. The molecule has 10 heteroatoms. The van der Waals surface area contributed by atoms with E-state index >= 15 is 0 Å². The van der Waals surface area contributed by atoms with Gasteiger partial charge in [-0.2, -0.15) is 15.2 Å². The molecule has 0 amide bonds. The molecule has 0 fully saturated rings. The normalized spacial score (nSPS) is 11.4. The van der Waals surface area contributed by atoms with Gasteiger partial charge in [-0.3, -0.25) is 0 Å². The van der Waals surface area contributed by atoms with Crippen LogP contribution in [0.2, 0.25) is 0 Å². The third-order valence-electron chi connectivity index (χ3n) is 6.47. The average Bonchev–Trinajstić information content (AvgIpc) is 3.42. The molecule has 9 nitrogen and oxygen atoms in total. The lowest BCUT2D eigenvalue weighted by atomic mass is 10.1. The molecule has 5 rings (SSSR count). The predicted octanol–water partition coefficient (Wildman–Crippen LogP) is 4.87. The average molecular weight is 564 g/mol. The lowest BCUT2D eigenvalue weighted by Gasteiger charge is -2.17. The molecule has 0 saturated heterocycles. The quantitative estimate of drug-likeness (QED) is 0.203. The van der Waals surface area contributed by atoms with E-state index in [4.69, 9.17) is 26.3 Å². The summed E-state index contributed by atoms with van der Waals surface area (Å²) in [4.78, 5) is 15.5. The zero-order chi connectivity index (χ0) is 28.8. The van der Waals surface area contributed by atoms with Crippen LogP contribution < -0.4 is 21.1 Å². The summed E-state index contributed by atoms with van der Waals surface area (Å²) in [5.41, 5.74) is 18.4. The fraction of sp³-hybridized carbons (Fsp3) is 0.161. The molecule has 2 heterocycles. The van der Waals surface area contributed by atoms with Crippen LogP contribution in [0.25, 0.3) is 33.1 Å². The number of likely N-dealkylation sites (N-methyl/N-ethyl adjacent to an activating group) is 1. The van der Waals surface area contributed by atoms with Gasteiger partial charge in [-0.1, -0.05) is 42.5 Å². The first-order valence-electron chi connectivity index (χ1n) is 13.0. The van der Waals surface area contributed by atoms with Crippen LogP contribution in [0.3, 0.4) is 0 Å². The predicted molar refractivity (Wildman–Crippen MR) is 164 cm³/mol. The number of ether oxygens (including phenoxy) is 1. The Hall–Kier alpha value is -4.82. The fourth-order valence-electron chi connectivity index (χ4n) is 4.19. The molecule has 0 aliphatic carbocycles. The van der Waals surface area contributed by atoms with Crippen molar-refractivity contribution in [1.29, 1.82) is 5.26 Å². The molecule has 5 aromatic rings. The van der Waals surface area contributed by atoms with Gasteiger partial charge in [0.2, 0.25) is 0 Å². The molecule has 206 valence electrons. The van der Waals surface area contributed by atoms with Crippen LogP contribution in [-0.4, -0.2) is 40.3 Å². The van der Waals surface area contributed by atoms with Gasteiger partial charge in [-0.15, -0.1) is 11.3 Å². The fourth-order valence-corrected chi connectivity index (χ4v) is 5.16. The van der Waals surface area contributed by atoms with Gasteiger partial charge in [0.15, 0.2) is 0 Å². The van der Waals surface area contributed by atoms with Gasteiger partial charge in [0.05, 0.1) is 28.1 Å². The summed E-state index contributed by atoms with van der Waals surface area (Å²) in [5.74, 6) is 0.303. The van der Waals surface area contributed by atoms with E-state index in [1.807, 2.05) is 84.8 Å². The Bertz CT molecular complexity index is 1730. The molecular formula is C31H29N7O2S. The third kappa shape index (κ3) is 6.67. The Balaban J connectivity index is 1.36. The first-order chi connectivity index (χ1) is 19.9. The smallest absolute Gasteiger partial charge is 0.319 e. The molecule has 0 aliphatic rings. The Kier molecular flexibility index (Phi) is 8.50. The summed E-state index contributed by atoms with van der Waals surface area (Å²) >= 11 is 1.44. The lowest BCUT2D eigenvalue weighted by molar-refractivity contribution is 0.281. The number of nitriles is 1. The zero-order valence-corrected chi connectivity index (χ0v) is 23.3. The van der Waals surface area contributed by atoms with E-state index in [9.17, 15) is 5.26 Å². The van der Waals surface area contributed by atoms with Crippen molar-refractivity contribution in [1.82, 2.24) is 15.0 Å². The van der Waals surface area contributed by atoms with Crippen LogP contribution in [0.4, 0.5) is 11.5 Å². The molecule has 0 saturated carbocycles. The third-order valence-corrected chi connectivity index (χ3v) is 7.52. The van der Waals surface area contributed by atoms with Crippen LogP contribution in [0.5, 0.6) is 6.01 Å². The van der Waals surface area contributed by atoms with E-state index in [-0.39, 0.29) is 12.6 Å². The number of nitrogens with zero attached hydrogens (tertiary/aromatic N) is 5. The van der Waals surface area contributed by atoms with Crippen molar-refractivity contribution in [3.05, 3.63) is 94.5 Å². The molecule has 41 heavy (non-hydrogen) atoms. The minimum Gasteiger partial charge on any atom is -0.459 e. The minimum atomic E-state index is 0.0838. The maximum atomic E-state index is 9.89. The number of benzene rings is 3. The number of aliphatic hydroxyl groups is 1. The van der Waals surface area contributed by atoms with E-state index in [0.717, 1.165) is 38.2 Å². The second-order valence-corrected chi connectivity index (χ2v) is 10.4. The van der Waals surface area contributed by atoms with E-state index < -0.39 is 0 Å². The van der Waals surface area contributed by atoms with Crippen molar-refractivity contribution in [2.24, 2.45) is 5.73 Å². The first-order valence-corrected chi connectivity index (χ1v) is 13.8.